The summed E-state index contributed by atoms with van der Waals surface area (Å²) in [7, 11) is 0. The van der Waals surface area contributed by atoms with Crippen LogP contribution in [0.1, 0.15) is 11.9 Å². The maximum absolute atomic E-state index is 6.02. The highest BCUT2D eigenvalue weighted by Gasteiger charge is 2.11. The second-order valence-corrected chi connectivity index (χ2v) is 5.83. The van der Waals surface area contributed by atoms with Crippen LogP contribution in [0.25, 0.3) is 0 Å². The normalized spacial score (nSPS) is 10.5. The largest absolute Gasteiger partial charge is 0.483 e. The molecule has 0 saturated heterocycles. The first-order valence-corrected chi connectivity index (χ1v) is 7.38. The van der Waals surface area contributed by atoms with Gasteiger partial charge in [0.05, 0.1) is 10.0 Å². The molecule has 0 saturated carbocycles. The quantitative estimate of drug-likeness (QED) is 0.871. The lowest BCUT2D eigenvalue weighted by Crippen LogP contribution is -1.96. The SMILES string of the molecule is CCNc1nnc(COc2c(Cl)cc(Cl)cc2Cl)s1. The van der Waals surface area contributed by atoms with Crippen LogP contribution in [-0.2, 0) is 6.61 Å². The highest BCUT2D eigenvalue weighted by Crippen LogP contribution is 2.36. The van der Waals surface area contributed by atoms with Gasteiger partial charge in [0.2, 0.25) is 5.13 Å². The molecule has 1 N–H and O–H groups in total. The average molecular weight is 339 g/mol. The van der Waals surface area contributed by atoms with E-state index < -0.39 is 0 Å². The Bertz CT molecular complexity index is 553. The van der Waals surface area contributed by atoms with Gasteiger partial charge in [-0.25, -0.2) is 0 Å². The molecule has 4 nitrogen and oxygen atoms in total. The third-order valence-corrected chi connectivity index (χ3v) is 3.73. The zero-order valence-electron chi connectivity index (χ0n) is 9.91. The van der Waals surface area contributed by atoms with Crippen molar-refractivity contribution in [2.45, 2.75) is 13.5 Å². The molecule has 0 aliphatic heterocycles. The fourth-order valence-corrected chi connectivity index (χ4v) is 2.98. The van der Waals surface area contributed by atoms with Gasteiger partial charge in [-0.1, -0.05) is 46.1 Å². The lowest BCUT2D eigenvalue weighted by atomic mass is 10.3. The Labute approximate surface area is 129 Å². The Morgan fingerprint density at radius 1 is 1.21 bits per heavy atom. The Hall–Kier alpha value is -0.750. The number of nitrogens with one attached hydrogen (secondary N) is 1. The molecule has 0 radical (unpaired) electrons. The Morgan fingerprint density at radius 3 is 2.53 bits per heavy atom. The van der Waals surface area contributed by atoms with Gasteiger partial charge in [0.25, 0.3) is 0 Å². The van der Waals surface area contributed by atoms with Gasteiger partial charge in [-0.3, -0.25) is 0 Å². The zero-order chi connectivity index (χ0) is 13.8. The van der Waals surface area contributed by atoms with Crippen molar-refractivity contribution in [3.8, 4) is 5.75 Å². The topological polar surface area (TPSA) is 47.0 Å². The van der Waals surface area contributed by atoms with Gasteiger partial charge >= 0.3 is 0 Å². The number of hydrogen-bond donors (Lipinski definition) is 1. The molecule has 0 amide bonds. The molecule has 1 aromatic carbocycles. The molecular formula is C11H10Cl3N3OS. The van der Waals surface area contributed by atoms with Crippen molar-refractivity contribution in [2.24, 2.45) is 0 Å². The molecule has 0 spiro atoms. The van der Waals surface area contributed by atoms with Crippen LogP contribution in [0.5, 0.6) is 5.75 Å². The van der Waals surface area contributed by atoms with E-state index in [0.29, 0.717) is 20.8 Å². The summed E-state index contributed by atoms with van der Waals surface area (Å²) in [5.74, 6) is 0.396. The Balaban J connectivity index is 2.05. The number of hydrogen-bond acceptors (Lipinski definition) is 5. The number of anilines is 1. The van der Waals surface area contributed by atoms with Crippen LogP contribution in [0.15, 0.2) is 12.1 Å². The van der Waals surface area contributed by atoms with Gasteiger partial charge in [0.15, 0.2) is 10.8 Å². The lowest BCUT2D eigenvalue weighted by molar-refractivity contribution is 0.305. The zero-order valence-corrected chi connectivity index (χ0v) is 13.0. The summed E-state index contributed by atoms with van der Waals surface area (Å²) in [6, 6.07) is 3.16. The van der Waals surface area contributed by atoms with E-state index in [9.17, 15) is 0 Å². The summed E-state index contributed by atoms with van der Waals surface area (Å²) >= 11 is 19.3. The summed E-state index contributed by atoms with van der Waals surface area (Å²) in [6.45, 7) is 3.04. The van der Waals surface area contributed by atoms with E-state index in [1.807, 2.05) is 6.92 Å². The first-order chi connectivity index (χ1) is 9.10. The fourth-order valence-electron chi connectivity index (χ4n) is 1.34. The molecule has 2 rings (SSSR count). The lowest BCUT2D eigenvalue weighted by Gasteiger charge is -2.08. The molecule has 1 aromatic heterocycles. The van der Waals surface area contributed by atoms with Crippen molar-refractivity contribution in [3.63, 3.8) is 0 Å². The molecule has 0 aliphatic carbocycles. The number of benzene rings is 1. The number of nitrogens with zero attached hydrogens (tertiary/aromatic N) is 2. The maximum Gasteiger partial charge on any atom is 0.205 e. The molecule has 0 aliphatic rings. The van der Waals surface area contributed by atoms with Crippen LogP contribution < -0.4 is 10.1 Å². The monoisotopic (exact) mass is 337 g/mol. The van der Waals surface area contributed by atoms with Crippen molar-refractivity contribution < 1.29 is 4.74 Å². The molecule has 102 valence electrons. The van der Waals surface area contributed by atoms with Crippen LogP contribution in [0.3, 0.4) is 0 Å². The van der Waals surface area contributed by atoms with Crippen LogP contribution in [0.2, 0.25) is 15.1 Å². The van der Waals surface area contributed by atoms with Gasteiger partial charge in [-0.05, 0) is 19.1 Å². The van der Waals surface area contributed by atoms with Crippen molar-refractivity contribution in [2.75, 3.05) is 11.9 Å². The second-order valence-electron chi connectivity index (χ2n) is 3.52. The van der Waals surface area contributed by atoms with E-state index in [1.165, 1.54) is 11.3 Å². The van der Waals surface area contributed by atoms with Crippen molar-refractivity contribution in [1.29, 1.82) is 0 Å². The minimum absolute atomic E-state index is 0.254. The van der Waals surface area contributed by atoms with E-state index in [4.69, 9.17) is 39.5 Å². The third kappa shape index (κ3) is 3.86. The van der Waals surface area contributed by atoms with Crippen molar-refractivity contribution in [1.82, 2.24) is 10.2 Å². The van der Waals surface area contributed by atoms with Crippen LogP contribution in [0, 0.1) is 0 Å². The molecule has 8 heteroatoms. The van der Waals surface area contributed by atoms with E-state index in [0.717, 1.165) is 16.7 Å². The number of halogens is 3. The second kappa shape index (κ2) is 6.61. The fraction of sp³-hybridized carbons (Fsp3) is 0.273. The third-order valence-electron chi connectivity index (χ3n) is 2.10. The smallest absolute Gasteiger partial charge is 0.205 e. The molecule has 1 heterocycles. The predicted octanol–water partition coefficient (Wildman–Crippen LogP) is 4.51. The summed E-state index contributed by atoms with van der Waals surface area (Å²) < 4.78 is 5.56. The summed E-state index contributed by atoms with van der Waals surface area (Å²) in [4.78, 5) is 0. The van der Waals surface area contributed by atoms with E-state index >= 15 is 0 Å². The van der Waals surface area contributed by atoms with Crippen LogP contribution >= 0.6 is 46.1 Å². The number of aromatic nitrogens is 2. The Morgan fingerprint density at radius 2 is 1.89 bits per heavy atom. The highest BCUT2D eigenvalue weighted by atomic mass is 35.5. The minimum Gasteiger partial charge on any atom is -0.483 e. The maximum atomic E-state index is 6.02. The summed E-state index contributed by atoms with van der Waals surface area (Å²) in [6.07, 6.45) is 0. The van der Waals surface area contributed by atoms with Crippen LogP contribution in [-0.4, -0.2) is 16.7 Å². The van der Waals surface area contributed by atoms with E-state index in [-0.39, 0.29) is 6.61 Å². The minimum atomic E-state index is 0.254. The molecular weight excluding hydrogens is 329 g/mol. The number of rotatable bonds is 5. The summed E-state index contributed by atoms with van der Waals surface area (Å²) in [5.41, 5.74) is 0. The van der Waals surface area contributed by atoms with E-state index in [1.54, 1.807) is 12.1 Å². The van der Waals surface area contributed by atoms with Crippen molar-refractivity contribution in [3.05, 3.63) is 32.2 Å². The molecule has 2 aromatic rings. The molecule has 0 fully saturated rings. The Kier molecular flexibility index (Phi) is 5.10. The molecule has 0 bridgehead atoms. The summed E-state index contributed by atoms with van der Waals surface area (Å²) in [5, 5.41) is 13.7. The first kappa shape index (κ1) is 14.7. The first-order valence-electron chi connectivity index (χ1n) is 5.43. The van der Waals surface area contributed by atoms with Gasteiger partial charge < -0.3 is 10.1 Å². The van der Waals surface area contributed by atoms with E-state index in [2.05, 4.69) is 15.5 Å². The predicted molar refractivity (Wildman–Crippen MR) is 79.9 cm³/mol. The average Bonchev–Trinajstić information content (AvgIpc) is 2.76. The molecule has 19 heavy (non-hydrogen) atoms. The molecule has 0 atom stereocenters. The number of ether oxygens (including phenoxy) is 1. The highest BCUT2D eigenvalue weighted by molar-refractivity contribution is 7.15. The van der Waals surface area contributed by atoms with Gasteiger partial charge in [0.1, 0.15) is 6.61 Å². The van der Waals surface area contributed by atoms with Crippen LogP contribution in [0.4, 0.5) is 5.13 Å². The van der Waals surface area contributed by atoms with Crippen molar-refractivity contribution >= 4 is 51.3 Å². The van der Waals surface area contributed by atoms with Gasteiger partial charge in [-0.2, -0.15) is 0 Å². The molecule has 0 unspecified atom stereocenters. The van der Waals surface area contributed by atoms with Gasteiger partial charge in [0, 0.05) is 11.6 Å². The van der Waals surface area contributed by atoms with Gasteiger partial charge in [-0.15, -0.1) is 10.2 Å². The standard InChI is InChI=1S/C11H10Cl3N3OS/c1-2-15-11-17-16-9(19-11)5-18-10-7(13)3-6(12)4-8(10)14/h3-4H,2,5H2,1H3,(H,15,17).